The van der Waals surface area contributed by atoms with Crippen molar-refractivity contribution in [2.75, 3.05) is 0 Å². The molecule has 0 saturated heterocycles. The Bertz CT molecular complexity index is 407. The second-order valence-corrected chi connectivity index (χ2v) is 3.15. The van der Waals surface area contributed by atoms with Crippen molar-refractivity contribution in [1.82, 2.24) is 0 Å². The number of halogens is 1. The molecule has 16 heavy (non-hydrogen) atoms. The van der Waals surface area contributed by atoms with Crippen molar-refractivity contribution in [3.8, 4) is 0 Å². The number of ether oxygens (including phenoxy) is 1. The molecule has 6 heteroatoms. The van der Waals surface area contributed by atoms with Crippen LogP contribution in [0.4, 0.5) is 4.39 Å². The van der Waals surface area contributed by atoms with Crippen molar-refractivity contribution in [2.45, 2.75) is 12.1 Å². The maximum absolute atomic E-state index is 12.6. The van der Waals surface area contributed by atoms with Gasteiger partial charge in [-0.3, -0.25) is 0 Å². The first kappa shape index (κ1) is 13.8. The Kier molecular flexibility index (Phi) is 5.07. The number of nitrogens with zero attached hydrogens (tertiary/aromatic N) is 1. The Hall–Kier alpha value is -0.274. The molecule has 2 unspecified atom stereocenters. The van der Waals surface area contributed by atoms with Crippen LogP contribution >= 0.6 is 0 Å². The number of carboxylic acid groups (broad SMARTS) is 1. The number of hydrogen-bond donors (Lipinski definition) is 1. The molecular formula is C10H9FKNO3. The number of hydrogen-bond acceptors (Lipinski definition) is 3. The standard InChI is InChI=1S/C10H8FNO3.K.H/c11-7-3-1-6(2-4-7)9-8(10(13)14)12-5-15-9;;/h1-5,8-9H,(H,13,14);;. The van der Waals surface area contributed by atoms with E-state index in [1.54, 1.807) is 0 Å². The average molecular weight is 249 g/mol. The summed E-state index contributed by atoms with van der Waals surface area (Å²) in [5.74, 6) is -1.43. The van der Waals surface area contributed by atoms with Crippen LogP contribution in [-0.2, 0) is 9.53 Å². The van der Waals surface area contributed by atoms with Gasteiger partial charge in [-0.2, -0.15) is 0 Å². The molecule has 0 aliphatic carbocycles. The number of aliphatic carboxylic acids is 1. The van der Waals surface area contributed by atoms with Gasteiger partial charge in [0, 0.05) is 0 Å². The van der Waals surface area contributed by atoms with Crippen LogP contribution < -0.4 is 0 Å². The quantitative estimate of drug-likeness (QED) is 0.786. The van der Waals surface area contributed by atoms with E-state index in [0.717, 1.165) is 6.40 Å². The van der Waals surface area contributed by atoms with Gasteiger partial charge in [-0.15, -0.1) is 0 Å². The van der Waals surface area contributed by atoms with Crippen LogP contribution in [0, 0.1) is 5.82 Å². The molecule has 1 N–H and O–H groups in total. The number of carboxylic acids is 1. The van der Waals surface area contributed by atoms with Gasteiger partial charge >= 0.3 is 57.4 Å². The summed E-state index contributed by atoms with van der Waals surface area (Å²) >= 11 is 0. The summed E-state index contributed by atoms with van der Waals surface area (Å²) < 4.78 is 17.7. The van der Waals surface area contributed by atoms with Crippen LogP contribution in [0.1, 0.15) is 11.7 Å². The molecule has 0 radical (unpaired) electrons. The van der Waals surface area contributed by atoms with E-state index in [1.807, 2.05) is 0 Å². The first-order chi connectivity index (χ1) is 7.18. The zero-order valence-corrected chi connectivity index (χ0v) is 7.63. The normalized spacial score (nSPS) is 22.3. The molecule has 0 spiro atoms. The van der Waals surface area contributed by atoms with Crippen molar-refractivity contribution < 1.29 is 19.0 Å². The molecule has 0 fully saturated rings. The van der Waals surface area contributed by atoms with E-state index < -0.39 is 18.1 Å². The molecule has 1 aromatic carbocycles. The number of aliphatic imine (C=N–C) groups is 1. The molecule has 2 rings (SSSR count). The second-order valence-electron chi connectivity index (χ2n) is 3.15. The minimum absolute atomic E-state index is 0. The predicted octanol–water partition coefficient (Wildman–Crippen LogP) is 0.730. The van der Waals surface area contributed by atoms with Crippen molar-refractivity contribution >= 4 is 63.8 Å². The van der Waals surface area contributed by atoms with Crippen molar-refractivity contribution in [3.63, 3.8) is 0 Å². The molecule has 0 saturated carbocycles. The molecular weight excluding hydrogens is 240 g/mol. The van der Waals surface area contributed by atoms with Gasteiger partial charge in [0.1, 0.15) is 5.82 Å². The monoisotopic (exact) mass is 249 g/mol. The zero-order valence-electron chi connectivity index (χ0n) is 7.63. The third-order valence-electron chi connectivity index (χ3n) is 2.17. The summed E-state index contributed by atoms with van der Waals surface area (Å²) in [5, 5.41) is 8.83. The van der Waals surface area contributed by atoms with Gasteiger partial charge in [0.25, 0.3) is 0 Å². The van der Waals surface area contributed by atoms with Crippen LogP contribution in [0.2, 0.25) is 0 Å². The Morgan fingerprint density at radius 3 is 2.56 bits per heavy atom. The Morgan fingerprint density at radius 1 is 1.38 bits per heavy atom. The Morgan fingerprint density at radius 2 is 2.00 bits per heavy atom. The Balaban J connectivity index is 0.00000128. The molecule has 1 heterocycles. The van der Waals surface area contributed by atoms with Gasteiger partial charge in [0.15, 0.2) is 18.5 Å². The fourth-order valence-corrected chi connectivity index (χ4v) is 1.43. The fourth-order valence-electron chi connectivity index (χ4n) is 1.43. The van der Waals surface area contributed by atoms with Gasteiger partial charge in [-0.1, -0.05) is 12.1 Å². The minimum atomic E-state index is -1.06. The van der Waals surface area contributed by atoms with Gasteiger partial charge < -0.3 is 9.84 Å². The molecule has 4 nitrogen and oxygen atoms in total. The van der Waals surface area contributed by atoms with E-state index in [1.165, 1.54) is 24.3 Å². The van der Waals surface area contributed by atoms with Crippen LogP contribution in [0.15, 0.2) is 29.3 Å². The number of rotatable bonds is 2. The number of carbonyl (C=O) groups is 1. The van der Waals surface area contributed by atoms with Crippen molar-refractivity contribution in [2.24, 2.45) is 4.99 Å². The van der Waals surface area contributed by atoms with Gasteiger partial charge in [0.2, 0.25) is 0 Å². The average Bonchev–Trinajstić information content (AvgIpc) is 2.67. The summed E-state index contributed by atoms with van der Waals surface area (Å²) in [6.45, 7) is 0. The van der Waals surface area contributed by atoms with Crippen molar-refractivity contribution in [1.29, 1.82) is 0 Å². The van der Waals surface area contributed by atoms with Gasteiger partial charge in [-0.25, -0.2) is 14.2 Å². The van der Waals surface area contributed by atoms with E-state index in [0.29, 0.717) is 5.56 Å². The van der Waals surface area contributed by atoms with E-state index in [9.17, 15) is 9.18 Å². The maximum atomic E-state index is 12.6. The molecule has 0 bridgehead atoms. The number of benzene rings is 1. The summed E-state index contributed by atoms with van der Waals surface area (Å²) in [5.41, 5.74) is 0.598. The van der Waals surface area contributed by atoms with Crippen LogP contribution in [-0.4, -0.2) is 74.9 Å². The first-order valence-corrected chi connectivity index (χ1v) is 4.34. The third kappa shape index (κ3) is 2.89. The summed E-state index contributed by atoms with van der Waals surface area (Å²) in [6.07, 6.45) is 0.454. The van der Waals surface area contributed by atoms with E-state index >= 15 is 0 Å². The third-order valence-corrected chi connectivity index (χ3v) is 2.17. The molecule has 0 amide bonds. The second kappa shape index (κ2) is 5.88. The van der Waals surface area contributed by atoms with Gasteiger partial charge in [-0.05, 0) is 17.7 Å². The van der Waals surface area contributed by atoms with E-state index in [-0.39, 0.29) is 57.2 Å². The molecule has 1 aromatic rings. The molecule has 2 atom stereocenters. The fraction of sp³-hybridized carbons (Fsp3) is 0.200. The predicted molar refractivity (Wildman–Crippen MR) is 57.3 cm³/mol. The SMILES string of the molecule is O=C(O)C1N=COC1c1ccc(F)cc1.[KH]. The topological polar surface area (TPSA) is 58.9 Å². The molecule has 1 aliphatic rings. The molecule has 80 valence electrons. The van der Waals surface area contributed by atoms with Crippen LogP contribution in [0.3, 0.4) is 0 Å². The van der Waals surface area contributed by atoms with Crippen LogP contribution in [0.25, 0.3) is 0 Å². The molecule has 1 aliphatic heterocycles. The van der Waals surface area contributed by atoms with E-state index in [2.05, 4.69) is 4.99 Å². The summed E-state index contributed by atoms with van der Waals surface area (Å²) in [4.78, 5) is 14.5. The van der Waals surface area contributed by atoms with E-state index in [4.69, 9.17) is 9.84 Å². The first-order valence-electron chi connectivity index (χ1n) is 4.34. The Labute approximate surface area is 134 Å². The summed E-state index contributed by atoms with van der Waals surface area (Å²) in [6, 6.07) is 4.55. The van der Waals surface area contributed by atoms with Gasteiger partial charge in [0.05, 0.1) is 0 Å². The zero-order chi connectivity index (χ0) is 10.8. The summed E-state index contributed by atoms with van der Waals surface area (Å²) in [7, 11) is 0. The molecule has 0 aromatic heterocycles. The van der Waals surface area contributed by atoms with Crippen LogP contribution in [0.5, 0.6) is 0 Å². The van der Waals surface area contributed by atoms with Crippen molar-refractivity contribution in [3.05, 3.63) is 35.6 Å².